The Bertz CT molecular complexity index is 1130. The third kappa shape index (κ3) is 3.33. The van der Waals surface area contributed by atoms with Gasteiger partial charge >= 0.3 is 0 Å². The number of hydrogen-bond acceptors (Lipinski definition) is 4. The number of nitrogens with zero attached hydrogens (tertiary/aromatic N) is 2. The van der Waals surface area contributed by atoms with Crippen molar-refractivity contribution in [1.29, 1.82) is 0 Å². The number of aryl methyl sites for hydroxylation is 1. The van der Waals surface area contributed by atoms with Gasteiger partial charge in [0.1, 0.15) is 5.82 Å². The van der Waals surface area contributed by atoms with Gasteiger partial charge in [0.25, 0.3) is 5.91 Å². The van der Waals surface area contributed by atoms with Crippen molar-refractivity contribution < 1.29 is 13.2 Å². The number of aromatic nitrogens is 2. The molecule has 0 spiro atoms. The average molecular weight is 395 g/mol. The number of carbonyl (C=O) groups excluding carboxylic acids is 1. The standard InChI is InChI=1S/C21H21N3O3S/c1-2-28(26,27)17-11-6-8-15(14-17)21(25)22-20-18-12-7-13-19(18)23-24(20)16-9-4-3-5-10-16/h3-6,8-11,14H,2,7,12-13H2,1H3,(H,22,25). The second-order valence-corrected chi connectivity index (χ2v) is 9.04. The minimum atomic E-state index is -3.37. The monoisotopic (exact) mass is 395 g/mol. The van der Waals surface area contributed by atoms with Crippen molar-refractivity contribution in [3.05, 3.63) is 71.4 Å². The summed E-state index contributed by atoms with van der Waals surface area (Å²) in [4.78, 5) is 13.1. The summed E-state index contributed by atoms with van der Waals surface area (Å²) in [7, 11) is -3.37. The molecule has 0 radical (unpaired) electrons. The highest BCUT2D eigenvalue weighted by atomic mass is 32.2. The van der Waals surface area contributed by atoms with E-state index in [2.05, 4.69) is 10.4 Å². The van der Waals surface area contributed by atoms with Gasteiger partial charge in [-0.25, -0.2) is 13.1 Å². The first kappa shape index (κ1) is 18.4. The van der Waals surface area contributed by atoms with Gasteiger partial charge in [0.15, 0.2) is 9.84 Å². The maximum atomic E-state index is 12.9. The molecule has 0 fully saturated rings. The average Bonchev–Trinajstić information content (AvgIpc) is 3.31. The van der Waals surface area contributed by atoms with Crippen molar-refractivity contribution in [3.63, 3.8) is 0 Å². The normalized spacial score (nSPS) is 13.3. The Morgan fingerprint density at radius 2 is 1.89 bits per heavy atom. The summed E-state index contributed by atoms with van der Waals surface area (Å²) >= 11 is 0. The Hall–Kier alpha value is -2.93. The van der Waals surface area contributed by atoms with Crippen molar-refractivity contribution in [2.45, 2.75) is 31.1 Å². The first-order valence-electron chi connectivity index (χ1n) is 9.30. The summed E-state index contributed by atoms with van der Waals surface area (Å²) in [6, 6.07) is 15.8. The van der Waals surface area contributed by atoms with Crippen molar-refractivity contribution in [2.75, 3.05) is 11.1 Å². The van der Waals surface area contributed by atoms with Crippen LogP contribution in [-0.4, -0.2) is 29.9 Å². The summed E-state index contributed by atoms with van der Waals surface area (Å²) < 4.78 is 26.0. The van der Waals surface area contributed by atoms with Crippen LogP contribution >= 0.6 is 0 Å². The summed E-state index contributed by atoms with van der Waals surface area (Å²) in [5.74, 6) is 0.305. The highest BCUT2D eigenvalue weighted by Gasteiger charge is 2.25. The fourth-order valence-electron chi connectivity index (χ4n) is 3.45. The lowest BCUT2D eigenvalue weighted by Crippen LogP contribution is -2.17. The highest BCUT2D eigenvalue weighted by Crippen LogP contribution is 2.31. The van der Waals surface area contributed by atoms with E-state index < -0.39 is 9.84 Å². The third-order valence-electron chi connectivity index (χ3n) is 4.98. The smallest absolute Gasteiger partial charge is 0.256 e. The van der Waals surface area contributed by atoms with E-state index in [1.54, 1.807) is 23.7 Å². The van der Waals surface area contributed by atoms with E-state index in [-0.39, 0.29) is 16.6 Å². The zero-order valence-electron chi connectivity index (χ0n) is 15.6. The number of amides is 1. The lowest BCUT2D eigenvalue weighted by atomic mass is 10.2. The predicted octanol–water partition coefficient (Wildman–Crippen LogP) is 3.41. The van der Waals surface area contributed by atoms with Crippen molar-refractivity contribution in [1.82, 2.24) is 9.78 Å². The number of anilines is 1. The predicted molar refractivity (Wildman–Crippen MR) is 108 cm³/mol. The molecule has 0 saturated heterocycles. The van der Waals surface area contributed by atoms with Gasteiger partial charge in [-0.05, 0) is 49.6 Å². The molecule has 1 aromatic heterocycles. The number of para-hydroxylation sites is 1. The van der Waals surface area contributed by atoms with Crippen LogP contribution in [0.15, 0.2) is 59.5 Å². The van der Waals surface area contributed by atoms with Crippen molar-refractivity contribution in [2.24, 2.45) is 0 Å². The fourth-order valence-corrected chi connectivity index (χ4v) is 4.38. The van der Waals surface area contributed by atoms with Gasteiger partial charge in [0.2, 0.25) is 0 Å². The first-order chi connectivity index (χ1) is 13.5. The molecule has 0 atom stereocenters. The van der Waals surface area contributed by atoms with Crippen LogP contribution in [0.25, 0.3) is 5.69 Å². The van der Waals surface area contributed by atoms with E-state index in [4.69, 9.17) is 0 Å². The maximum Gasteiger partial charge on any atom is 0.256 e. The van der Waals surface area contributed by atoms with Gasteiger partial charge < -0.3 is 5.32 Å². The molecule has 1 aliphatic rings. The maximum absolute atomic E-state index is 12.9. The molecule has 0 unspecified atom stereocenters. The summed E-state index contributed by atoms with van der Waals surface area (Å²) in [6.07, 6.45) is 2.77. The number of carbonyl (C=O) groups is 1. The molecule has 28 heavy (non-hydrogen) atoms. The van der Waals surface area contributed by atoms with Gasteiger partial charge in [0.05, 0.1) is 22.0 Å². The molecule has 0 aliphatic heterocycles. The van der Waals surface area contributed by atoms with Gasteiger partial charge in [-0.2, -0.15) is 5.10 Å². The summed E-state index contributed by atoms with van der Waals surface area (Å²) in [5, 5.41) is 7.65. The third-order valence-corrected chi connectivity index (χ3v) is 6.71. The molecule has 3 aromatic rings. The Balaban J connectivity index is 1.71. The van der Waals surface area contributed by atoms with Gasteiger partial charge in [0, 0.05) is 11.1 Å². The van der Waals surface area contributed by atoms with E-state index >= 15 is 0 Å². The molecule has 4 rings (SSSR count). The minimum Gasteiger partial charge on any atom is -0.306 e. The molecule has 6 nitrogen and oxygen atoms in total. The number of sulfone groups is 1. The van der Waals surface area contributed by atoms with Gasteiger partial charge in [-0.1, -0.05) is 31.2 Å². The van der Waals surface area contributed by atoms with Gasteiger partial charge in [-0.3, -0.25) is 4.79 Å². The molecule has 144 valence electrons. The highest BCUT2D eigenvalue weighted by molar-refractivity contribution is 7.91. The summed E-state index contributed by atoms with van der Waals surface area (Å²) in [6.45, 7) is 1.59. The van der Waals surface area contributed by atoms with Crippen LogP contribution in [0.2, 0.25) is 0 Å². The van der Waals surface area contributed by atoms with Crippen LogP contribution in [0.5, 0.6) is 0 Å². The van der Waals surface area contributed by atoms with Crippen molar-refractivity contribution >= 4 is 21.6 Å². The largest absolute Gasteiger partial charge is 0.306 e. The molecular weight excluding hydrogens is 374 g/mol. The molecule has 1 amide bonds. The van der Waals surface area contributed by atoms with Crippen LogP contribution in [0, 0.1) is 0 Å². The Morgan fingerprint density at radius 1 is 1.11 bits per heavy atom. The lowest BCUT2D eigenvalue weighted by molar-refractivity contribution is 0.102. The molecule has 1 heterocycles. The molecule has 2 aromatic carbocycles. The van der Waals surface area contributed by atoms with E-state index in [0.29, 0.717) is 11.4 Å². The molecule has 1 aliphatic carbocycles. The zero-order chi connectivity index (χ0) is 19.7. The van der Waals surface area contributed by atoms with Crippen molar-refractivity contribution in [3.8, 4) is 5.69 Å². The van der Waals surface area contributed by atoms with E-state index in [0.717, 1.165) is 36.2 Å². The number of fused-ring (bicyclic) bond motifs is 1. The second kappa shape index (κ2) is 7.24. The molecule has 0 bridgehead atoms. The Labute approximate surface area is 164 Å². The number of rotatable bonds is 5. The Morgan fingerprint density at radius 3 is 2.64 bits per heavy atom. The van der Waals surface area contributed by atoms with Crippen LogP contribution < -0.4 is 5.32 Å². The number of nitrogens with one attached hydrogen (secondary N) is 1. The lowest BCUT2D eigenvalue weighted by Gasteiger charge is -2.12. The molecule has 0 saturated carbocycles. The second-order valence-electron chi connectivity index (χ2n) is 6.76. The van der Waals surface area contributed by atoms with Crippen LogP contribution in [0.1, 0.15) is 35.0 Å². The topological polar surface area (TPSA) is 81.1 Å². The first-order valence-corrected chi connectivity index (χ1v) is 10.9. The molecule has 1 N–H and O–H groups in total. The fraction of sp³-hybridized carbons (Fsp3) is 0.238. The Kier molecular flexibility index (Phi) is 4.77. The molecule has 7 heteroatoms. The summed E-state index contributed by atoms with van der Waals surface area (Å²) in [5.41, 5.74) is 3.23. The number of hydrogen-bond donors (Lipinski definition) is 1. The van der Waals surface area contributed by atoms with E-state index in [1.165, 1.54) is 12.1 Å². The van der Waals surface area contributed by atoms with Crippen LogP contribution in [0.4, 0.5) is 5.82 Å². The SMILES string of the molecule is CCS(=O)(=O)c1cccc(C(=O)Nc2c3c(nn2-c2ccccc2)CCC3)c1. The van der Waals surface area contributed by atoms with Crippen LogP contribution in [0.3, 0.4) is 0 Å². The van der Waals surface area contributed by atoms with Crippen LogP contribution in [-0.2, 0) is 22.7 Å². The van der Waals surface area contributed by atoms with E-state index in [9.17, 15) is 13.2 Å². The quantitative estimate of drug-likeness (QED) is 0.718. The zero-order valence-corrected chi connectivity index (χ0v) is 16.4. The number of benzene rings is 2. The molecular formula is C21H21N3O3S. The van der Waals surface area contributed by atoms with E-state index in [1.807, 2.05) is 30.3 Å². The van der Waals surface area contributed by atoms with Gasteiger partial charge in [-0.15, -0.1) is 0 Å². The minimum absolute atomic E-state index is 0.00758.